The molecular weight excluding hydrogens is 170 g/mol. The molecule has 0 spiro atoms. The maximum absolute atomic E-state index is 10.5. The fourth-order valence-electron chi connectivity index (χ4n) is 1.34. The van der Waals surface area contributed by atoms with Crippen molar-refractivity contribution in [2.24, 2.45) is 0 Å². The van der Waals surface area contributed by atoms with Gasteiger partial charge in [-0.25, -0.2) is 0 Å². The zero-order valence-electron chi connectivity index (χ0n) is 8.78. The van der Waals surface area contributed by atoms with Crippen molar-refractivity contribution in [3.8, 4) is 0 Å². The van der Waals surface area contributed by atoms with Crippen LogP contribution in [0.1, 0.15) is 20.8 Å². The van der Waals surface area contributed by atoms with Gasteiger partial charge in [0.05, 0.1) is 13.2 Å². The molecule has 0 aromatic rings. The van der Waals surface area contributed by atoms with E-state index in [1.54, 1.807) is 7.11 Å². The lowest BCUT2D eigenvalue weighted by molar-refractivity contribution is -0.139. The highest BCUT2D eigenvalue weighted by atomic mass is 16.5. The van der Waals surface area contributed by atoms with Crippen LogP contribution in [0.2, 0.25) is 0 Å². The molecule has 1 unspecified atom stereocenters. The van der Waals surface area contributed by atoms with Gasteiger partial charge >= 0.3 is 5.97 Å². The number of carbonyl (C=O) groups is 1. The van der Waals surface area contributed by atoms with Crippen molar-refractivity contribution in [3.63, 3.8) is 0 Å². The lowest BCUT2D eigenvalue weighted by Crippen LogP contribution is -2.44. The Morgan fingerprint density at radius 1 is 1.46 bits per heavy atom. The molecule has 0 aliphatic rings. The predicted octanol–water partition coefficient (Wildman–Crippen LogP) is 0.816. The van der Waals surface area contributed by atoms with Crippen molar-refractivity contribution in [2.75, 3.05) is 20.3 Å². The molecule has 0 amide bonds. The molecule has 0 saturated heterocycles. The molecule has 0 fully saturated rings. The molecule has 4 heteroatoms. The molecule has 1 atom stereocenters. The Labute approximate surface area is 79.5 Å². The molecule has 0 saturated carbocycles. The third-order valence-electron chi connectivity index (χ3n) is 1.96. The van der Waals surface area contributed by atoms with Gasteiger partial charge in [0.25, 0.3) is 0 Å². The molecule has 0 aromatic carbocycles. The Bertz CT molecular complexity index is 159. The summed E-state index contributed by atoms with van der Waals surface area (Å²) in [4.78, 5) is 12.4. The predicted molar refractivity (Wildman–Crippen MR) is 50.8 cm³/mol. The van der Waals surface area contributed by atoms with Crippen LogP contribution in [0.15, 0.2) is 0 Å². The Morgan fingerprint density at radius 2 is 2.00 bits per heavy atom. The second kappa shape index (κ2) is 5.94. The molecule has 0 aliphatic heterocycles. The third-order valence-corrected chi connectivity index (χ3v) is 1.96. The highest BCUT2D eigenvalue weighted by Crippen LogP contribution is 2.04. The van der Waals surface area contributed by atoms with E-state index in [-0.39, 0.29) is 18.6 Å². The number of ether oxygens (including phenoxy) is 1. The highest BCUT2D eigenvalue weighted by Gasteiger charge is 2.19. The molecule has 78 valence electrons. The summed E-state index contributed by atoms with van der Waals surface area (Å²) < 4.78 is 4.98. The topological polar surface area (TPSA) is 49.8 Å². The minimum absolute atomic E-state index is 0.0716. The van der Waals surface area contributed by atoms with E-state index in [1.807, 2.05) is 25.7 Å². The van der Waals surface area contributed by atoms with Crippen LogP contribution >= 0.6 is 0 Å². The van der Waals surface area contributed by atoms with Crippen molar-refractivity contribution in [1.29, 1.82) is 0 Å². The summed E-state index contributed by atoms with van der Waals surface area (Å²) in [6.45, 7) is 6.56. The number of rotatable bonds is 6. The molecule has 0 radical (unpaired) electrons. The smallest absolute Gasteiger partial charge is 0.317 e. The molecule has 13 heavy (non-hydrogen) atoms. The number of aliphatic carboxylic acids is 1. The first-order valence-electron chi connectivity index (χ1n) is 4.45. The Hall–Kier alpha value is -0.610. The maximum Gasteiger partial charge on any atom is 0.317 e. The highest BCUT2D eigenvalue weighted by molar-refractivity contribution is 5.69. The molecule has 0 aromatic heterocycles. The van der Waals surface area contributed by atoms with Crippen LogP contribution in [0, 0.1) is 0 Å². The van der Waals surface area contributed by atoms with Gasteiger partial charge in [-0.1, -0.05) is 0 Å². The van der Waals surface area contributed by atoms with Gasteiger partial charge < -0.3 is 9.84 Å². The van der Waals surface area contributed by atoms with Gasteiger partial charge in [0, 0.05) is 19.2 Å². The van der Waals surface area contributed by atoms with E-state index >= 15 is 0 Å². The average Bonchev–Trinajstić information content (AvgIpc) is 1.99. The van der Waals surface area contributed by atoms with Crippen LogP contribution in [0.5, 0.6) is 0 Å². The van der Waals surface area contributed by atoms with Crippen LogP contribution in [0.25, 0.3) is 0 Å². The summed E-state index contributed by atoms with van der Waals surface area (Å²) in [7, 11) is 1.62. The summed E-state index contributed by atoms with van der Waals surface area (Å²) in [6.07, 6.45) is 0. The molecular formula is C9H19NO3. The number of methoxy groups -OCH3 is 1. The van der Waals surface area contributed by atoms with Crippen LogP contribution in [0.4, 0.5) is 0 Å². The zero-order valence-corrected chi connectivity index (χ0v) is 8.78. The van der Waals surface area contributed by atoms with E-state index in [0.29, 0.717) is 6.61 Å². The lowest BCUT2D eigenvalue weighted by atomic mass is 10.2. The van der Waals surface area contributed by atoms with E-state index in [4.69, 9.17) is 9.84 Å². The van der Waals surface area contributed by atoms with Crippen LogP contribution < -0.4 is 0 Å². The summed E-state index contributed by atoms with van der Waals surface area (Å²) in [5.74, 6) is -0.795. The van der Waals surface area contributed by atoms with E-state index in [9.17, 15) is 4.79 Å². The number of hydrogen-bond acceptors (Lipinski definition) is 3. The van der Waals surface area contributed by atoms with Crippen LogP contribution in [0.3, 0.4) is 0 Å². The largest absolute Gasteiger partial charge is 0.480 e. The summed E-state index contributed by atoms with van der Waals surface area (Å²) in [5, 5.41) is 8.67. The number of carboxylic acids is 1. The van der Waals surface area contributed by atoms with Crippen molar-refractivity contribution in [3.05, 3.63) is 0 Å². The van der Waals surface area contributed by atoms with Crippen molar-refractivity contribution in [2.45, 2.75) is 32.9 Å². The van der Waals surface area contributed by atoms with Gasteiger partial charge in [0.2, 0.25) is 0 Å². The number of nitrogens with zero attached hydrogens (tertiary/aromatic N) is 1. The quantitative estimate of drug-likeness (QED) is 0.672. The normalized spacial score (nSPS) is 13.7. The minimum atomic E-state index is -0.795. The second-order valence-electron chi connectivity index (χ2n) is 3.46. The monoisotopic (exact) mass is 189 g/mol. The first-order valence-corrected chi connectivity index (χ1v) is 4.45. The third kappa shape index (κ3) is 4.85. The van der Waals surface area contributed by atoms with Crippen LogP contribution in [-0.2, 0) is 9.53 Å². The Morgan fingerprint density at radius 3 is 2.31 bits per heavy atom. The minimum Gasteiger partial charge on any atom is -0.480 e. The van der Waals surface area contributed by atoms with Crippen molar-refractivity contribution in [1.82, 2.24) is 4.90 Å². The van der Waals surface area contributed by atoms with Gasteiger partial charge in [-0.3, -0.25) is 9.69 Å². The molecule has 0 bridgehead atoms. The van der Waals surface area contributed by atoms with Crippen molar-refractivity contribution < 1.29 is 14.6 Å². The summed E-state index contributed by atoms with van der Waals surface area (Å²) in [5.41, 5.74) is 0. The molecule has 1 N–H and O–H groups in total. The first kappa shape index (κ1) is 12.4. The average molecular weight is 189 g/mol. The summed E-state index contributed by atoms with van der Waals surface area (Å²) >= 11 is 0. The van der Waals surface area contributed by atoms with Gasteiger partial charge in [0.15, 0.2) is 0 Å². The SMILES string of the molecule is COCC(C)N(CC(=O)O)C(C)C. The number of carboxylic acid groups (broad SMARTS) is 1. The zero-order chi connectivity index (χ0) is 10.4. The second-order valence-corrected chi connectivity index (χ2v) is 3.46. The lowest BCUT2D eigenvalue weighted by Gasteiger charge is -2.30. The molecule has 0 aliphatic carbocycles. The van der Waals surface area contributed by atoms with Gasteiger partial charge in [0.1, 0.15) is 0 Å². The number of hydrogen-bond donors (Lipinski definition) is 1. The maximum atomic E-state index is 10.5. The Balaban J connectivity index is 4.14. The van der Waals surface area contributed by atoms with E-state index in [1.165, 1.54) is 0 Å². The van der Waals surface area contributed by atoms with E-state index in [2.05, 4.69) is 0 Å². The fourth-order valence-corrected chi connectivity index (χ4v) is 1.34. The van der Waals surface area contributed by atoms with Gasteiger partial charge in [-0.05, 0) is 20.8 Å². The van der Waals surface area contributed by atoms with Crippen LogP contribution in [-0.4, -0.2) is 48.3 Å². The van der Waals surface area contributed by atoms with Gasteiger partial charge in [-0.15, -0.1) is 0 Å². The van der Waals surface area contributed by atoms with E-state index in [0.717, 1.165) is 0 Å². The first-order chi connectivity index (χ1) is 5.99. The van der Waals surface area contributed by atoms with Gasteiger partial charge in [-0.2, -0.15) is 0 Å². The molecule has 0 rings (SSSR count). The standard InChI is InChI=1S/C9H19NO3/c1-7(2)10(5-9(11)12)8(3)6-13-4/h7-8H,5-6H2,1-4H3,(H,11,12). The summed E-state index contributed by atoms with van der Waals surface area (Å²) in [6, 6.07) is 0.363. The van der Waals surface area contributed by atoms with E-state index < -0.39 is 5.97 Å². The fraction of sp³-hybridized carbons (Fsp3) is 0.889. The Kier molecular flexibility index (Phi) is 5.66. The molecule has 0 heterocycles. The van der Waals surface area contributed by atoms with Crippen molar-refractivity contribution >= 4 is 5.97 Å². The molecule has 4 nitrogen and oxygen atoms in total.